The van der Waals surface area contributed by atoms with Crippen molar-refractivity contribution in [1.29, 1.82) is 0 Å². The monoisotopic (exact) mass is 384 g/mol. The number of phenols is 1. The molecule has 144 valence electrons. The fraction of sp³-hybridized carbons (Fsp3) is 0.167. The van der Waals surface area contributed by atoms with E-state index < -0.39 is 0 Å². The maximum atomic E-state index is 13.0. The van der Waals surface area contributed by atoms with Crippen molar-refractivity contribution in [3.63, 3.8) is 0 Å². The van der Waals surface area contributed by atoms with E-state index in [1.165, 1.54) is 6.08 Å². The van der Waals surface area contributed by atoms with Crippen molar-refractivity contribution in [3.8, 4) is 16.9 Å². The lowest BCUT2D eigenvalue weighted by Gasteiger charge is -2.43. The van der Waals surface area contributed by atoms with Gasteiger partial charge >= 0.3 is 0 Å². The zero-order chi connectivity index (χ0) is 20.1. The second kappa shape index (κ2) is 6.48. The number of rotatable bonds is 3. The Labute approximate surface area is 168 Å². The van der Waals surface area contributed by atoms with Crippen LogP contribution in [0.15, 0.2) is 67.3 Å². The molecule has 0 aliphatic carbocycles. The first kappa shape index (κ1) is 17.5. The highest BCUT2D eigenvalue weighted by Gasteiger charge is 2.40. The number of aromatic hydroxyl groups is 1. The molecular weight excluding hydrogens is 364 g/mol. The fourth-order valence-corrected chi connectivity index (χ4v) is 4.30. The van der Waals surface area contributed by atoms with Crippen LogP contribution in [0.3, 0.4) is 0 Å². The van der Waals surface area contributed by atoms with Gasteiger partial charge in [-0.3, -0.25) is 9.59 Å². The van der Waals surface area contributed by atoms with Crippen LogP contribution in [0.1, 0.15) is 15.9 Å². The van der Waals surface area contributed by atoms with Gasteiger partial charge in [-0.05, 0) is 40.1 Å². The predicted molar refractivity (Wildman–Crippen MR) is 111 cm³/mol. The summed E-state index contributed by atoms with van der Waals surface area (Å²) in [4.78, 5) is 28.3. The lowest BCUT2D eigenvalue weighted by molar-refractivity contribution is -0.132. The summed E-state index contributed by atoms with van der Waals surface area (Å²) in [5.41, 5.74) is 3.21. The van der Waals surface area contributed by atoms with Crippen molar-refractivity contribution in [2.45, 2.75) is 12.6 Å². The Morgan fingerprint density at radius 1 is 1.10 bits per heavy atom. The Bertz CT molecular complexity index is 1180. The van der Waals surface area contributed by atoms with E-state index in [4.69, 9.17) is 0 Å². The summed E-state index contributed by atoms with van der Waals surface area (Å²) >= 11 is 0. The maximum absolute atomic E-state index is 13.0. The van der Waals surface area contributed by atoms with Gasteiger partial charge < -0.3 is 14.9 Å². The first-order chi connectivity index (χ1) is 14.1. The van der Waals surface area contributed by atoms with E-state index in [1.54, 1.807) is 11.0 Å². The van der Waals surface area contributed by atoms with Gasteiger partial charge in [-0.2, -0.15) is 0 Å². The molecule has 5 nitrogen and oxygen atoms in total. The Morgan fingerprint density at radius 2 is 1.90 bits per heavy atom. The second-order valence-corrected chi connectivity index (χ2v) is 7.59. The van der Waals surface area contributed by atoms with Crippen molar-refractivity contribution >= 4 is 22.6 Å². The minimum absolute atomic E-state index is 0.0164. The Hall–Kier alpha value is -3.60. The molecule has 3 aromatic rings. The van der Waals surface area contributed by atoms with E-state index in [2.05, 4.69) is 6.58 Å². The standard InChI is InChI=1S/C24H20N2O3/c1-2-22(28)25-13-18(14-25)26-12-17-8-7-16(11-20(17)24(26)29)23-19-6-4-3-5-15(19)9-10-21(23)27/h2-11,18,27H,1,12-14H2. The summed E-state index contributed by atoms with van der Waals surface area (Å²) in [7, 11) is 0. The first-order valence-corrected chi connectivity index (χ1v) is 9.63. The molecule has 0 bridgehead atoms. The maximum Gasteiger partial charge on any atom is 0.254 e. The van der Waals surface area contributed by atoms with Gasteiger partial charge in [0.1, 0.15) is 5.75 Å². The number of benzene rings is 3. The molecule has 0 aromatic heterocycles. The molecule has 0 atom stereocenters. The van der Waals surface area contributed by atoms with Gasteiger partial charge in [-0.1, -0.05) is 49.0 Å². The van der Waals surface area contributed by atoms with Crippen LogP contribution in [-0.2, 0) is 11.3 Å². The molecule has 0 unspecified atom stereocenters. The number of phenolic OH excluding ortho intramolecular Hbond substituents is 1. The van der Waals surface area contributed by atoms with Crippen LogP contribution in [0.4, 0.5) is 0 Å². The van der Waals surface area contributed by atoms with Gasteiger partial charge in [0, 0.05) is 30.8 Å². The number of nitrogens with zero attached hydrogens (tertiary/aromatic N) is 2. The van der Waals surface area contributed by atoms with Gasteiger partial charge in [0.05, 0.1) is 6.04 Å². The van der Waals surface area contributed by atoms with Crippen LogP contribution in [-0.4, -0.2) is 45.9 Å². The van der Waals surface area contributed by atoms with Crippen LogP contribution < -0.4 is 0 Å². The smallest absolute Gasteiger partial charge is 0.254 e. The zero-order valence-corrected chi connectivity index (χ0v) is 15.8. The minimum atomic E-state index is -0.0980. The summed E-state index contributed by atoms with van der Waals surface area (Å²) in [6.07, 6.45) is 1.31. The SMILES string of the molecule is C=CC(=O)N1CC(N2Cc3ccc(-c4c(O)ccc5ccccc45)cc3C2=O)C1. The Kier molecular flexibility index (Phi) is 3.91. The third-order valence-corrected chi connectivity index (χ3v) is 5.93. The molecule has 2 heterocycles. The average Bonchev–Trinajstić information content (AvgIpc) is 3.02. The van der Waals surface area contributed by atoms with Crippen molar-refractivity contribution in [2.24, 2.45) is 0 Å². The highest BCUT2D eigenvalue weighted by atomic mass is 16.3. The molecule has 5 rings (SSSR count). The van der Waals surface area contributed by atoms with Gasteiger partial charge in [0.2, 0.25) is 5.91 Å². The summed E-state index contributed by atoms with van der Waals surface area (Å²) < 4.78 is 0. The van der Waals surface area contributed by atoms with E-state index in [9.17, 15) is 14.7 Å². The van der Waals surface area contributed by atoms with E-state index >= 15 is 0 Å². The molecule has 0 spiro atoms. The molecular formula is C24H20N2O3. The van der Waals surface area contributed by atoms with Gasteiger partial charge in [-0.25, -0.2) is 0 Å². The number of likely N-dealkylation sites (tertiary alicyclic amines) is 1. The van der Waals surface area contributed by atoms with E-state index in [1.807, 2.05) is 53.4 Å². The van der Waals surface area contributed by atoms with Crippen LogP contribution in [0.2, 0.25) is 0 Å². The molecule has 2 aliphatic rings. The number of amides is 2. The number of fused-ring (bicyclic) bond motifs is 2. The third-order valence-electron chi connectivity index (χ3n) is 5.93. The molecule has 2 amide bonds. The highest BCUT2D eigenvalue weighted by molar-refractivity contribution is 6.03. The molecule has 29 heavy (non-hydrogen) atoms. The molecule has 1 N–H and O–H groups in total. The van der Waals surface area contributed by atoms with Crippen molar-refractivity contribution in [2.75, 3.05) is 13.1 Å². The lowest BCUT2D eigenvalue weighted by atomic mass is 9.95. The van der Waals surface area contributed by atoms with Crippen molar-refractivity contribution < 1.29 is 14.7 Å². The highest BCUT2D eigenvalue weighted by Crippen LogP contribution is 2.38. The molecule has 0 saturated carbocycles. The van der Waals surface area contributed by atoms with Crippen LogP contribution in [0, 0.1) is 0 Å². The van der Waals surface area contributed by atoms with Gasteiger partial charge in [0.25, 0.3) is 5.91 Å². The topological polar surface area (TPSA) is 60.9 Å². The predicted octanol–water partition coefficient (Wildman–Crippen LogP) is 3.57. The molecule has 1 fully saturated rings. The summed E-state index contributed by atoms with van der Waals surface area (Å²) in [6, 6.07) is 17.3. The summed E-state index contributed by atoms with van der Waals surface area (Å²) in [5, 5.41) is 12.5. The Morgan fingerprint density at radius 3 is 2.69 bits per heavy atom. The van der Waals surface area contributed by atoms with Crippen LogP contribution >= 0.6 is 0 Å². The van der Waals surface area contributed by atoms with Crippen molar-refractivity contribution in [1.82, 2.24) is 9.80 Å². The van der Waals surface area contributed by atoms with Crippen LogP contribution in [0.5, 0.6) is 5.75 Å². The second-order valence-electron chi connectivity index (χ2n) is 7.59. The normalized spacial score (nSPS) is 16.1. The van der Waals surface area contributed by atoms with Gasteiger partial charge in [-0.15, -0.1) is 0 Å². The number of hydrogen-bond donors (Lipinski definition) is 1. The molecule has 0 radical (unpaired) electrons. The first-order valence-electron chi connectivity index (χ1n) is 9.63. The molecule has 5 heteroatoms. The van der Waals surface area contributed by atoms with E-state index in [0.29, 0.717) is 25.2 Å². The van der Waals surface area contributed by atoms with Gasteiger partial charge in [0.15, 0.2) is 0 Å². The summed E-state index contributed by atoms with van der Waals surface area (Å²) in [5.74, 6) is 0.0833. The molecule has 1 saturated heterocycles. The third kappa shape index (κ3) is 2.70. The number of hydrogen-bond acceptors (Lipinski definition) is 3. The lowest BCUT2D eigenvalue weighted by Crippen LogP contribution is -2.60. The summed E-state index contributed by atoms with van der Waals surface area (Å²) in [6.45, 7) is 5.15. The average molecular weight is 384 g/mol. The minimum Gasteiger partial charge on any atom is -0.507 e. The largest absolute Gasteiger partial charge is 0.507 e. The van der Waals surface area contributed by atoms with Crippen molar-refractivity contribution in [3.05, 3.63) is 78.4 Å². The molecule has 3 aromatic carbocycles. The number of carbonyl (C=O) groups is 2. The Balaban J connectivity index is 1.47. The zero-order valence-electron chi connectivity index (χ0n) is 15.8. The van der Waals surface area contributed by atoms with Crippen LogP contribution in [0.25, 0.3) is 21.9 Å². The fourth-order valence-electron chi connectivity index (χ4n) is 4.30. The van der Waals surface area contributed by atoms with E-state index in [0.717, 1.165) is 27.5 Å². The molecule has 2 aliphatic heterocycles. The number of carbonyl (C=O) groups excluding carboxylic acids is 2. The van der Waals surface area contributed by atoms with E-state index in [-0.39, 0.29) is 23.6 Å². The quantitative estimate of drug-likeness (QED) is 0.703.